The predicted octanol–water partition coefficient (Wildman–Crippen LogP) is 3.25. The van der Waals surface area contributed by atoms with Crippen molar-refractivity contribution >= 4 is 38.9 Å². The molecule has 7 nitrogen and oxygen atoms in total. The summed E-state index contributed by atoms with van der Waals surface area (Å²) >= 11 is 0. The summed E-state index contributed by atoms with van der Waals surface area (Å²) in [7, 11) is -3.49. The van der Waals surface area contributed by atoms with Gasteiger partial charge >= 0.3 is 0 Å². The number of para-hydroxylation sites is 3. The molecular formula is C23H21N3O4S. The number of nitrogens with zero attached hydrogens (tertiary/aromatic N) is 2. The Kier molecular flexibility index (Phi) is 5.48. The molecule has 0 fully saturated rings. The molecule has 1 aliphatic rings. The van der Waals surface area contributed by atoms with Crippen molar-refractivity contribution in [3.63, 3.8) is 0 Å². The average Bonchev–Trinajstić information content (AvgIpc) is 2.76. The molecule has 0 spiro atoms. The average molecular weight is 436 g/mol. The second-order valence-corrected chi connectivity index (χ2v) is 9.17. The quantitative estimate of drug-likeness (QED) is 0.667. The van der Waals surface area contributed by atoms with E-state index in [1.807, 2.05) is 12.1 Å². The zero-order valence-electron chi connectivity index (χ0n) is 16.9. The highest BCUT2D eigenvalue weighted by Gasteiger charge is 2.27. The van der Waals surface area contributed by atoms with Gasteiger partial charge in [-0.05, 0) is 42.0 Å². The van der Waals surface area contributed by atoms with Crippen molar-refractivity contribution in [3.8, 4) is 0 Å². The summed E-state index contributed by atoms with van der Waals surface area (Å²) in [6.07, 6.45) is 1.16. The third-order valence-electron chi connectivity index (χ3n) is 4.99. The smallest absolute Gasteiger partial charge is 0.258 e. The van der Waals surface area contributed by atoms with Crippen LogP contribution >= 0.6 is 0 Å². The second-order valence-electron chi connectivity index (χ2n) is 7.26. The summed E-state index contributed by atoms with van der Waals surface area (Å²) in [5, 5.41) is 2.76. The third kappa shape index (κ3) is 4.44. The van der Waals surface area contributed by atoms with E-state index in [0.717, 1.165) is 11.8 Å². The molecule has 1 aliphatic heterocycles. The molecule has 1 N–H and O–H groups in total. The Morgan fingerprint density at radius 3 is 2.29 bits per heavy atom. The first-order chi connectivity index (χ1) is 14.8. The Bertz CT molecular complexity index is 1230. The van der Waals surface area contributed by atoms with E-state index in [1.165, 1.54) is 9.21 Å². The molecule has 1 heterocycles. The second kappa shape index (κ2) is 8.23. The Hall–Kier alpha value is -3.65. The predicted molar refractivity (Wildman–Crippen MR) is 121 cm³/mol. The van der Waals surface area contributed by atoms with Crippen LogP contribution < -0.4 is 14.5 Å². The van der Waals surface area contributed by atoms with Gasteiger partial charge in [0, 0.05) is 5.56 Å². The van der Waals surface area contributed by atoms with E-state index in [0.29, 0.717) is 22.6 Å². The summed E-state index contributed by atoms with van der Waals surface area (Å²) in [6.45, 7) is 0.0831. The van der Waals surface area contributed by atoms with Crippen molar-refractivity contribution in [1.82, 2.24) is 0 Å². The summed E-state index contributed by atoms with van der Waals surface area (Å²) in [5.41, 5.74) is 2.96. The number of carbonyl (C=O) groups is 2. The Morgan fingerprint density at radius 2 is 1.61 bits per heavy atom. The van der Waals surface area contributed by atoms with Crippen LogP contribution in [-0.2, 0) is 21.4 Å². The standard InChI is InChI=1S/C23H21N3O4S/c1-31(29,30)26(19-7-3-2-4-8-19)15-17-11-13-18(14-12-17)23(28)25-16-22(27)24-20-9-5-6-10-21(20)25/h2-14H,15-16H2,1H3,(H,24,27). The Labute approximate surface area is 181 Å². The first kappa shape index (κ1) is 20.6. The molecule has 3 aromatic rings. The molecule has 0 radical (unpaired) electrons. The number of hydrogen-bond donors (Lipinski definition) is 1. The minimum absolute atomic E-state index is 0.0620. The Morgan fingerprint density at radius 1 is 0.968 bits per heavy atom. The van der Waals surface area contributed by atoms with Crippen molar-refractivity contribution in [2.75, 3.05) is 27.3 Å². The van der Waals surface area contributed by atoms with Crippen LogP contribution in [0.3, 0.4) is 0 Å². The van der Waals surface area contributed by atoms with E-state index in [4.69, 9.17) is 0 Å². The molecule has 2 amide bonds. The number of nitrogens with one attached hydrogen (secondary N) is 1. The van der Waals surface area contributed by atoms with Gasteiger partial charge in [0.05, 0.1) is 29.9 Å². The van der Waals surface area contributed by atoms with Gasteiger partial charge in [0.2, 0.25) is 15.9 Å². The van der Waals surface area contributed by atoms with Crippen LogP contribution in [-0.4, -0.2) is 33.0 Å². The first-order valence-corrected chi connectivity index (χ1v) is 11.5. The monoisotopic (exact) mass is 435 g/mol. The summed E-state index contributed by atoms with van der Waals surface area (Å²) in [6, 6.07) is 22.7. The fraction of sp³-hybridized carbons (Fsp3) is 0.130. The number of hydrogen-bond acceptors (Lipinski definition) is 4. The minimum atomic E-state index is -3.49. The number of anilines is 3. The van der Waals surface area contributed by atoms with E-state index in [1.54, 1.807) is 66.7 Å². The van der Waals surface area contributed by atoms with E-state index in [-0.39, 0.29) is 24.9 Å². The van der Waals surface area contributed by atoms with Crippen LogP contribution in [0.15, 0.2) is 78.9 Å². The summed E-state index contributed by atoms with van der Waals surface area (Å²) in [4.78, 5) is 26.5. The molecule has 158 valence electrons. The zero-order chi connectivity index (χ0) is 22.0. The van der Waals surface area contributed by atoms with Gasteiger partial charge in [-0.2, -0.15) is 0 Å². The molecule has 3 aromatic carbocycles. The molecule has 0 aliphatic carbocycles. The summed E-state index contributed by atoms with van der Waals surface area (Å²) < 4.78 is 25.9. The molecule has 0 unspecified atom stereocenters. The largest absolute Gasteiger partial charge is 0.323 e. The maximum Gasteiger partial charge on any atom is 0.258 e. The lowest BCUT2D eigenvalue weighted by Crippen LogP contribution is -2.42. The molecule has 31 heavy (non-hydrogen) atoms. The molecule has 0 aromatic heterocycles. The maximum atomic E-state index is 13.1. The Balaban J connectivity index is 1.57. The van der Waals surface area contributed by atoms with Gasteiger partial charge in [-0.1, -0.05) is 42.5 Å². The van der Waals surface area contributed by atoms with Gasteiger partial charge in [0.1, 0.15) is 6.54 Å². The number of carbonyl (C=O) groups excluding carboxylic acids is 2. The number of fused-ring (bicyclic) bond motifs is 1. The van der Waals surface area contributed by atoms with Gasteiger partial charge in [0.15, 0.2) is 0 Å². The van der Waals surface area contributed by atoms with Crippen LogP contribution in [0, 0.1) is 0 Å². The van der Waals surface area contributed by atoms with Gasteiger partial charge in [0.25, 0.3) is 5.91 Å². The van der Waals surface area contributed by atoms with Crippen molar-refractivity contribution in [3.05, 3.63) is 90.0 Å². The third-order valence-corrected chi connectivity index (χ3v) is 6.13. The molecular weight excluding hydrogens is 414 g/mol. The number of benzene rings is 3. The molecule has 0 atom stereocenters. The highest BCUT2D eigenvalue weighted by Crippen LogP contribution is 2.30. The van der Waals surface area contributed by atoms with E-state index in [2.05, 4.69) is 5.32 Å². The first-order valence-electron chi connectivity index (χ1n) is 9.65. The van der Waals surface area contributed by atoms with Crippen molar-refractivity contribution < 1.29 is 18.0 Å². The van der Waals surface area contributed by atoms with Gasteiger partial charge in [-0.3, -0.25) is 18.8 Å². The topological polar surface area (TPSA) is 86.8 Å². The van der Waals surface area contributed by atoms with Gasteiger partial charge in [-0.25, -0.2) is 8.42 Å². The SMILES string of the molecule is CS(=O)(=O)N(Cc1ccc(C(=O)N2CC(=O)Nc3ccccc32)cc1)c1ccccc1. The van der Waals surface area contributed by atoms with Crippen LogP contribution in [0.4, 0.5) is 17.1 Å². The molecule has 0 saturated carbocycles. The van der Waals surface area contributed by atoms with E-state index < -0.39 is 10.0 Å². The molecule has 8 heteroatoms. The highest BCUT2D eigenvalue weighted by atomic mass is 32.2. The van der Waals surface area contributed by atoms with Gasteiger partial charge < -0.3 is 5.32 Å². The number of sulfonamides is 1. The van der Waals surface area contributed by atoms with Crippen LogP contribution in [0.1, 0.15) is 15.9 Å². The summed E-state index contributed by atoms with van der Waals surface area (Å²) in [5.74, 6) is -0.549. The number of amides is 2. The maximum absolute atomic E-state index is 13.1. The fourth-order valence-corrected chi connectivity index (χ4v) is 4.37. The van der Waals surface area contributed by atoms with Crippen molar-refractivity contribution in [2.45, 2.75) is 6.54 Å². The number of rotatable bonds is 5. The lowest BCUT2D eigenvalue weighted by molar-refractivity contribution is -0.115. The van der Waals surface area contributed by atoms with Crippen molar-refractivity contribution in [2.24, 2.45) is 0 Å². The lowest BCUT2D eigenvalue weighted by atomic mass is 10.1. The van der Waals surface area contributed by atoms with E-state index >= 15 is 0 Å². The van der Waals surface area contributed by atoms with Crippen LogP contribution in [0.2, 0.25) is 0 Å². The van der Waals surface area contributed by atoms with E-state index in [9.17, 15) is 18.0 Å². The minimum Gasteiger partial charge on any atom is -0.323 e. The highest BCUT2D eigenvalue weighted by molar-refractivity contribution is 7.92. The normalized spacial score (nSPS) is 13.3. The van der Waals surface area contributed by atoms with Gasteiger partial charge in [-0.15, -0.1) is 0 Å². The van der Waals surface area contributed by atoms with Crippen molar-refractivity contribution in [1.29, 1.82) is 0 Å². The molecule has 4 rings (SSSR count). The zero-order valence-corrected chi connectivity index (χ0v) is 17.7. The fourth-order valence-electron chi connectivity index (χ4n) is 3.48. The molecule has 0 bridgehead atoms. The lowest BCUT2D eigenvalue weighted by Gasteiger charge is -2.29. The van der Waals surface area contributed by atoms with Crippen LogP contribution in [0.5, 0.6) is 0 Å². The van der Waals surface area contributed by atoms with Crippen LogP contribution in [0.25, 0.3) is 0 Å². The molecule has 0 saturated heterocycles.